The van der Waals surface area contributed by atoms with E-state index in [4.69, 9.17) is 4.65 Å². The molecule has 0 saturated heterocycles. The maximum Gasteiger partial charge on any atom is 0.491 e. The molecule has 0 aromatic heterocycles. The highest BCUT2D eigenvalue weighted by Crippen LogP contribution is 2.50. The Labute approximate surface area is 227 Å². The molecule has 0 bridgehead atoms. The summed E-state index contributed by atoms with van der Waals surface area (Å²) in [6, 6.07) is 38.9. The maximum absolute atomic E-state index is 10.8. The Morgan fingerprint density at radius 1 is 0.842 bits per heavy atom. The Kier molecular flexibility index (Phi) is 8.40. The van der Waals surface area contributed by atoms with Crippen LogP contribution in [-0.2, 0) is 16.7 Å². The summed E-state index contributed by atoms with van der Waals surface area (Å²) in [5.74, 6) is 0. The van der Waals surface area contributed by atoms with Crippen LogP contribution < -0.4 is 10.8 Å². The zero-order valence-electron chi connectivity index (χ0n) is 22.4. The largest absolute Gasteiger partial charge is 0.491 e. The topological polar surface area (TPSA) is 44.7 Å². The molecule has 0 radical (unpaired) electrons. The Morgan fingerprint density at radius 2 is 1.39 bits per heavy atom. The second-order valence-corrected chi connectivity index (χ2v) is 10.0. The zero-order chi connectivity index (χ0) is 26.4. The lowest BCUT2D eigenvalue weighted by molar-refractivity contribution is 0.118. The summed E-state index contributed by atoms with van der Waals surface area (Å²) in [5, 5.41) is 14.1. The summed E-state index contributed by atoms with van der Waals surface area (Å²) >= 11 is 0. The maximum atomic E-state index is 10.8. The smallest absolute Gasteiger partial charge is 0.423 e. The van der Waals surface area contributed by atoms with Crippen molar-refractivity contribution in [3.63, 3.8) is 0 Å². The number of fused-ring (bicyclic) bond motifs is 1. The summed E-state index contributed by atoms with van der Waals surface area (Å²) in [6.45, 7) is 7.35. The number of hydrogen-bond donors (Lipinski definition) is 2. The number of benzene rings is 4. The first-order valence-electron chi connectivity index (χ1n) is 13.7. The third kappa shape index (κ3) is 5.08. The molecule has 194 valence electrons. The van der Waals surface area contributed by atoms with Gasteiger partial charge in [0.1, 0.15) is 0 Å². The van der Waals surface area contributed by atoms with Gasteiger partial charge in [-0.1, -0.05) is 116 Å². The van der Waals surface area contributed by atoms with Gasteiger partial charge in [0, 0.05) is 25.7 Å². The number of hydrogen-bond acceptors (Lipinski definition) is 4. The van der Waals surface area contributed by atoms with Crippen molar-refractivity contribution in [2.24, 2.45) is 0 Å². The van der Waals surface area contributed by atoms with Crippen LogP contribution in [0.4, 0.5) is 0 Å². The molecule has 2 N–H and O–H groups in total. The Bertz CT molecular complexity index is 1200. The molecule has 0 saturated carbocycles. The highest BCUT2D eigenvalue weighted by atomic mass is 16.5. The summed E-state index contributed by atoms with van der Waals surface area (Å²) in [5.41, 5.74) is 6.55. The van der Waals surface area contributed by atoms with Gasteiger partial charge < -0.3 is 15.0 Å². The van der Waals surface area contributed by atoms with Gasteiger partial charge in [-0.3, -0.25) is 4.90 Å². The van der Waals surface area contributed by atoms with Crippen LogP contribution in [0.15, 0.2) is 109 Å². The first-order chi connectivity index (χ1) is 18.7. The summed E-state index contributed by atoms with van der Waals surface area (Å²) in [4.78, 5) is 2.60. The molecule has 0 amide bonds. The predicted molar refractivity (Wildman–Crippen MR) is 156 cm³/mol. The fourth-order valence-electron chi connectivity index (χ4n) is 5.90. The van der Waals surface area contributed by atoms with Crippen LogP contribution in [0.25, 0.3) is 0 Å². The minimum absolute atomic E-state index is 0.163. The molecule has 1 atom stereocenters. The minimum Gasteiger partial charge on any atom is -0.423 e. The van der Waals surface area contributed by atoms with Gasteiger partial charge in [0.25, 0.3) is 0 Å². The fourth-order valence-corrected chi connectivity index (χ4v) is 5.90. The van der Waals surface area contributed by atoms with E-state index in [2.05, 4.69) is 127 Å². The van der Waals surface area contributed by atoms with E-state index in [0.29, 0.717) is 6.61 Å². The van der Waals surface area contributed by atoms with Gasteiger partial charge in [-0.15, -0.1) is 0 Å². The van der Waals surface area contributed by atoms with Gasteiger partial charge in [0.2, 0.25) is 0 Å². The van der Waals surface area contributed by atoms with Gasteiger partial charge in [0.15, 0.2) is 0 Å². The molecule has 1 aliphatic rings. The SMILES string of the molecule is CCCNCCOB(O)c1ccc2c(c1)CN(C(c1ccccc1)(c1ccccc1)c1ccccc1)[C@H]2C. The van der Waals surface area contributed by atoms with Crippen molar-refractivity contribution >= 4 is 12.6 Å². The quantitative estimate of drug-likeness (QED) is 0.166. The highest BCUT2D eigenvalue weighted by molar-refractivity contribution is 6.60. The molecular formula is C33H37BN2O2. The van der Waals surface area contributed by atoms with Crippen molar-refractivity contribution in [3.05, 3.63) is 137 Å². The van der Waals surface area contributed by atoms with E-state index in [-0.39, 0.29) is 6.04 Å². The molecule has 0 fully saturated rings. The first-order valence-corrected chi connectivity index (χ1v) is 13.7. The van der Waals surface area contributed by atoms with Crippen LogP contribution in [0.1, 0.15) is 54.1 Å². The van der Waals surface area contributed by atoms with Crippen LogP contribution in [0.3, 0.4) is 0 Å². The normalized spacial score (nSPS) is 15.4. The van der Waals surface area contributed by atoms with Gasteiger partial charge in [-0.2, -0.15) is 0 Å². The molecule has 0 unspecified atom stereocenters. The first kappa shape index (κ1) is 26.4. The van der Waals surface area contributed by atoms with E-state index >= 15 is 0 Å². The second kappa shape index (κ2) is 12.1. The molecule has 1 heterocycles. The number of rotatable bonds is 11. The Hall–Kier alpha value is -3.22. The van der Waals surface area contributed by atoms with Crippen molar-refractivity contribution < 1.29 is 9.68 Å². The molecule has 0 aliphatic carbocycles. The molecular weight excluding hydrogens is 467 g/mol. The van der Waals surface area contributed by atoms with Crippen molar-refractivity contribution in [1.29, 1.82) is 0 Å². The molecule has 4 aromatic rings. The summed E-state index contributed by atoms with van der Waals surface area (Å²) in [7, 11) is -0.935. The molecule has 5 rings (SSSR count). The van der Waals surface area contributed by atoms with Gasteiger partial charge in [-0.25, -0.2) is 0 Å². The summed E-state index contributed by atoms with van der Waals surface area (Å²) < 4.78 is 5.74. The molecule has 38 heavy (non-hydrogen) atoms. The Balaban J connectivity index is 1.54. The van der Waals surface area contributed by atoms with E-state index in [1.807, 2.05) is 6.07 Å². The van der Waals surface area contributed by atoms with Crippen LogP contribution in [0.5, 0.6) is 0 Å². The average Bonchev–Trinajstić information content (AvgIpc) is 3.30. The van der Waals surface area contributed by atoms with Crippen LogP contribution >= 0.6 is 0 Å². The van der Waals surface area contributed by atoms with Gasteiger partial charge >= 0.3 is 7.12 Å². The van der Waals surface area contributed by atoms with Crippen LogP contribution in [0, 0.1) is 0 Å². The number of nitrogens with one attached hydrogen (secondary N) is 1. The minimum atomic E-state index is -0.935. The van der Waals surface area contributed by atoms with E-state index in [0.717, 1.165) is 31.5 Å². The van der Waals surface area contributed by atoms with Crippen LogP contribution in [-0.4, -0.2) is 36.7 Å². The predicted octanol–water partition coefficient (Wildman–Crippen LogP) is 5.26. The number of nitrogens with zero attached hydrogens (tertiary/aromatic N) is 1. The highest BCUT2D eigenvalue weighted by Gasteiger charge is 2.47. The molecule has 4 aromatic carbocycles. The molecule has 0 spiro atoms. The van der Waals surface area contributed by atoms with Gasteiger partial charge in [-0.05, 0) is 53.2 Å². The lowest BCUT2D eigenvalue weighted by Gasteiger charge is -2.46. The van der Waals surface area contributed by atoms with E-state index in [1.165, 1.54) is 27.8 Å². The van der Waals surface area contributed by atoms with E-state index in [9.17, 15) is 5.02 Å². The fraction of sp³-hybridized carbons (Fsp3) is 0.273. The third-order valence-corrected chi connectivity index (χ3v) is 7.70. The third-order valence-electron chi connectivity index (χ3n) is 7.70. The standard InChI is InChI=1S/C33H37BN2O2/c1-3-21-35-22-23-38-34(37)31-19-20-32-26(2)36(25-27(32)24-31)33(28-13-7-4-8-14-28,29-15-9-5-10-16-29)30-17-11-6-12-18-30/h4-20,24,26,35,37H,3,21-23,25H2,1-2H3/t26-/m0/s1. The van der Waals surface area contributed by atoms with Crippen molar-refractivity contribution in [1.82, 2.24) is 10.2 Å². The van der Waals surface area contributed by atoms with E-state index < -0.39 is 12.7 Å². The molecule has 4 nitrogen and oxygen atoms in total. The molecule has 5 heteroatoms. The van der Waals surface area contributed by atoms with Gasteiger partial charge in [0.05, 0.1) is 5.54 Å². The van der Waals surface area contributed by atoms with Crippen molar-refractivity contribution in [3.8, 4) is 0 Å². The van der Waals surface area contributed by atoms with E-state index in [1.54, 1.807) is 0 Å². The van der Waals surface area contributed by atoms with Crippen molar-refractivity contribution in [2.75, 3.05) is 19.7 Å². The lowest BCUT2D eigenvalue weighted by atomic mass is 9.75. The monoisotopic (exact) mass is 504 g/mol. The zero-order valence-corrected chi connectivity index (χ0v) is 22.4. The summed E-state index contributed by atoms with van der Waals surface area (Å²) in [6.07, 6.45) is 1.08. The average molecular weight is 504 g/mol. The lowest BCUT2D eigenvalue weighted by Crippen LogP contribution is -2.46. The second-order valence-electron chi connectivity index (χ2n) is 10.0. The molecule has 1 aliphatic heterocycles. The Morgan fingerprint density at radius 3 is 1.92 bits per heavy atom. The van der Waals surface area contributed by atoms with Crippen molar-refractivity contribution in [2.45, 2.75) is 38.4 Å². The van der Waals surface area contributed by atoms with Crippen LogP contribution in [0.2, 0.25) is 0 Å².